The summed E-state index contributed by atoms with van der Waals surface area (Å²) in [5, 5.41) is 19.9. The first-order chi connectivity index (χ1) is 11.0. The largest absolute Gasteiger partial charge is 0.481 e. The molecule has 2 rings (SSSR count). The number of carbonyl (C=O) groups is 3. The van der Waals surface area contributed by atoms with Crippen LogP contribution in [0, 0.1) is 22.2 Å². The fourth-order valence-corrected chi connectivity index (χ4v) is 4.98. The number of hydrogen-bond acceptors (Lipinski definition) is 3. The third-order valence-corrected chi connectivity index (χ3v) is 6.35. The zero-order valence-corrected chi connectivity index (χ0v) is 15.1. The Morgan fingerprint density at radius 1 is 1.04 bits per heavy atom. The van der Waals surface area contributed by atoms with E-state index in [0.717, 1.165) is 25.9 Å². The Morgan fingerprint density at radius 2 is 1.58 bits per heavy atom. The summed E-state index contributed by atoms with van der Waals surface area (Å²) >= 11 is 0. The van der Waals surface area contributed by atoms with Crippen LogP contribution in [-0.4, -0.2) is 46.0 Å². The Kier molecular flexibility index (Phi) is 4.72. The van der Waals surface area contributed by atoms with Gasteiger partial charge in [0, 0.05) is 19.0 Å². The molecule has 0 bridgehead atoms. The molecule has 6 heteroatoms. The van der Waals surface area contributed by atoms with Crippen LogP contribution >= 0.6 is 0 Å². The van der Waals surface area contributed by atoms with Crippen molar-refractivity contribution in [3.8, 4) is 0 Å². The second kappa shape index (κ2) is 6.05. The van der Waals surface area contributed by atoms with Crippen LogP contribution in [0.2, 0.25) is 0 Å². The van der Waals surface area contributed by atoms with E-state index < -0.39 is 34.1 Å². The lowest BCUT2D eigenvalue weighted by atomic mass is 9.46. The minimum atomic E-state index is -1.48. The zero-order chi connectivity index (χ0) is 18.3. The topological polar surface area (TPSA) is 94.9 Å². The second-order valence-corrected chi connectivity index (χ2v) is 8.57. The summed E-state index contributed by atoms with van der Waals surface area (Å²) in [6.07, 6.45) is 2.69. The number of carbonyl (C=O) groups excluding carboxylic acids is 1. The lowest BCUT2D eigenvalue weighted by Gasteiger charge is -2.55. The number of likely N-dealkylation sites (tertiary alicyclic amines) is 1. The summed E-state index contributed by atoms with van der Waals surface area (Å²) in [6, 6.07) is 0. The average Bonchev–Trinajstić information content (AvgIpc) is 2.98. The summed E-state index contributed by atoms with van der Waals surface area (Å²) in [5.74, 6) is -2.61. The fourth-order valence-electron chi connectivity index (χ4n) is 4.98. The number of amides is 1. The first-order valence-electron chi connectivity index (χ1n) is 8.73. The summed E-state index contributed by atoms with van der Waals surface area (Å²) in [5.41, 5.74) is -3.60. The summed E-state index contributed by atoms with van der Waals surface area (Å²) in [4.78, 5) is 38.9. The molecule has 3 atom stereocenters. The van der Waals surface area contributed by atoms with Crippen LogP contribution in [-0.2, 0) is 14.4 Å². The molecule has 1 aliphatic carbocycles. The summed E-state index contributed by atoms with van der Waals surface area (Å²) in [7, 11) is 0. The number of rotatable bonds is 3. The molecule has 0 spiro atoms. The minimum Gasteiger partial charge on any atom is -0.481 e. The average molecular weight is 339 g/mol. The third-order valence-electron chi connectivity index (χ3n) is 6.35. The Morgan fingerprint density at radius 3 is 2.00 bits per heavy atom. The van der Waals surface area contributed by atoms with Crippen molar-refractivity contribution in [1.82, 2.24) is 4.90 Å². The molecule has 6 nitrogen and oxygen atoms in total. The van der Waals surface area contributed by atoms with Gasteiger partial charge < -0.3 is 15.1 Å². The number of hydrogen-bond donors (Lipinski definition) is 2. The van der Waals surface area contributed by atoms with Crippen LogP contribution in [0.5, 0.6) is 0 Å². The predicted molar refractivity (Wildman–Crippen MR) is 88.4 cm³/mol. The highest BCUT2D eigenvalue weighted by molar-refractivity contribution is 5.89. The molecular weight excluding hydrogens is 310 g/mol. The standard InChI is InChI=1S/C18H29NO5/c1-16(2,3)18(15(23)24)8-7-12(11-17(18,4)14(21)22)13(20)19-9-5-6-10-19/h12H,5-11H2,1-4H3,(H,21,22)(H,23,24)/t12?,17-,18-/m1/s1. The van der Waals surface area contributed by atoms with Crippen molar-refractivity contribution in [2.75, 3.05) is 13.1 Å². The number of carboxylic acid groups (broad SMARTS) is 2. The van der Waals surface area contributed by atoms with E-state index in [0.29, 0.717) is 6.42 Å². The molecular formula is C18H29NO5. The van der Waals surface area contributed by atoms with E-state index in [2.05, 4.69) is 0 Å². The number of carboxylic acids is 2. The first-order valence-corrected chi connectivity index (χ1v) is 8.73. The minimum absolute atomic E-state index is 0.00660. The molecule has 1 saturated heterocycles. The van der Waals surface area contributed by atoms with E-state index in [1.165, 1.54) is 6.92 Å². The van der Waals surface area contributed by atoms with Crippen LogP contribution in [0.4, 0.5) is 0 Å². The molecule has 2 aliphatic rings. The van der Waals surface area contributed by atoms with Crippen molar-refractivity contribution >= 4 is 17.8 Å². The van der Waals surface area contributed by atoms with Crippen LogP contribution in [0.3, 0.4) is 0 Å². The van der Waals surface area contributed by atoms with Gasteiger partial charge in [0.2, 0.25) is 5.91 Å². The third kappa shape index (κ3) is 2.60. The van der Waals surface area contributed by atoms with Gasteiger partial charge in [0.25, 0.3) is 0 Å². The van der Waals surface area contributed by atoms with Crippen LogP contribution in [0.1, 0.15) is 59.8 Å². The Bertz CT molecular complexity index is 546. The van der Waals surface area contributed by atoms with Crippen molar-refractivity contribution in [3.05, 3.63) is 0 Å². The van der Waals surface area contributed by atoms with Crippen LogP contribution in [0.25, 0.3) is 0 Å². The van der Waals surface area contributed by atoms with Crippen molar-refractivity contribution in [3.63, 3.8) is 0 Å². The van der Waals surface area contributed by atoms with Gasteiger partial charge in [-0.25, -0.2) is 0 Å². The molecule has 2 N–H and O–H groups in total. The number of aliphatic carboxylic acids is 2. The summed E-state index contributed by atoms with van der Waals surface area (Å²) < 4.78 is 0. The molecule has 1 unspecified atom stereocenters. The van der Waals surface area contributed by atoms with Crippen LogP contribution < -0.4 is 0 Å². The lowest BCUT2D eigenvalue weighted by molar-refractivity contribution is -0.196. The number of nitrogens with zero attached hydrogens (tertiary/aromatic N) is 1. The van der Waals surface area contributed by atoms with E-state index in [-0.39, 0.29) is 18.7 Å². The van der Waals surface area contributed by atoms with Gasteiger partial charge in [-0.2, -0.15) is 0 Å². The van der Waals surface area contributed by atoms with Gasteiger partial charge in [0.15, 0.2) is 0 Å². The highest BCUT2D eigenvalue weighted by Gasteiger charge is 2.66. The van der Waals surface area contributed by atoms with E-state index in [1.54, 1.807) is 25.7 Å². The van der Waals surface area contributed by atoms with E-state index in [4.69, 9.17) is 0 Å². The second-order valence-electron chi connectivity index (χ2n) is 8.57. The molecule has 2 fully saturated rings. The molecule has 1 heterocycles. The normalized spacial score (nSPS) is 34.2. The fraction of sp³-hybridized carbons (Fsp3) is 0.833. The van der Waals surface area contributed by atoms with E-state index in [1.807, 2.05) is 0 Å². The van der Waals surface area contributed by atoms with Gasteiger partial charge in [-0.05, 0) is 44.4 Å². The zero-order valence-electron chi connectivity index (χ0n) is 15.1. The van der Waals surface area contributed by atoms with Gasteiger partial charge in [0.05, 0.1) is 10.8 Å². The maximum absolute atomic E-state index is 12.7. The highest BCUT2D eigenvalue weighted by Crippen LogP contribution is 2.61. The van der Waals surface area contributed by atoms with Crippen molar-refractivity contribution in [2.24, 2.45) is 22.2 Å². The highest BCUT2D eigenvalue weighted by atomic mass is 16.4. The lowest BCUT2D eigenvalue weighted by Crippen LogP contribution is -2.61. The molecule has 0 aromatic heterocycles. The Balaban J connectivity index is 2.40. The molecule has 1 aliphatic heterocycles. The molecule has 1 saturated carbocycles. The van der Waals surface area contributed by atoms with E-state index in [9.17, 15) is 24.6 Å². The Labute approximate surface area is 143 Å². The molecule has 136 valence electrons. The molecule has 0 aromatic rings. The Hall–Kier alpha value is -1.59. The predicted octanol–water partition coefficient (Wildman–Crippen LogP) is 2.62. The quantitative estimate of drug-likeness (QED) is 0.824. The molecule has 0 radical (unpaired) electrons. The smallest absolute Gasteiger partial charge is 0.311 e. The summed E-state index contributed by atoms with van der Waals surface area (Å²) in [6.45, 7) is 8.31. The SMILES string of the molecule is CC(C)(C)[C@]1(C(=O)O)CCC(C(=O)N2CCCC2)C[C@]1(C)C(=O)O. The molecule has 1 amide bonds. The van der Waals surface area contributed by atoms with E-state index >= 15 is 0 Å². The molecule has 0 aromatic carbocycles. The van der Waals surface area contributed by atoms with Gasteiger partial charge in [0.1, 0.15) is 0 Å². The van der Waals surface area contributed by atoms with Crippen molar-refractivity contribution in [2.45, 2.75) is 59.8 Å². The van der Waals surface area contributed by atoms with Gasteiger partial charge in [-0.1, -0.05) is 20.8 Å². The van der Waals surface area contributed by atoms with Gasteiger partial charge in [-0.3, -0.25) is 14.4 Å². The van der Waals surface area contributed by atoms with Crippen molar-refractivity contribution < 1.29 is 24.6 Å². The molecule has 24 heavy (non-hydrogen) atoms. The maximum atomic E-state index is 12.7. The maximum Gasteiger partial charge on any atom is 0.311 e. The monoisotopic (exact) mass is 339 g/mol. The first kappa shape index (κ1) is 18.7. The van der Waals surface area contributed by atoms with Crippen LogP contribution in [0.15, 0.2) is 0 Å². The van der Waals surface area contributed by atoms with Gasteiger partial charge in [-0.15, -0.1) is 0 Å². The van der Waals surface area contributed by atoms with Gasteiger partial charge >= 0.3 is 11.9 Å². The van der Waals surface area contributed by atoms with Crippen molar-refractivity contribution in [1.29, 1.82) is 0 Å².